The van der Waals surface area contributed by atoms with E-state index in [-0.39, 0.29) is 34.6 Å². The number of benzene rings is 2. The van der Waals surface area contributed by atoms with Crippen molar-refractivity contribution in [2.45, 2.75) is 19.9 Å². The van der Waals surface area contributed by atoms with Crippen LogP contribution >= 0.6 is 24.0 Å². The van der Waals surface area contributed by atoms with Gasteiger partial charge in [0.25, 0.3) is 5.69 Å². The number of nitro benzene ring substituents is 1. The molecule has 2 aromatic rings. The van der Waals surface area contributed by atoms with E-state index in [9.17, 15) is 10.1 Å². The molecule has 0 bridgehead atoms. The number of hydrogen-bond donors (Lipinski definition) is 1. The van der Waals surface area contributed by atoms with Gasteiger partial charge in [0.05, 0.1) is 11.5 Å². The van der Waals surface area contributed by atoms with Crippen LogP contribution in [0.4, 0.5) is 11.4 Å². The van der Waals surface area contributed by atoms with Gasteiger partial charge in [-0.25, -0.2) is 4.99 Å². The summed E-state index contributed by atoms with van der Waals surface area (Å²) in [5, 5.41) is 14.2. The lowest BCUT2D eigenvalue weighted by molar-refractivity contribution is -0.384. The summed E-state index contributed by atoms with van der Waals surface area (Å²) in [5.41, 5.74) is 3.42. The molecule has 0 unspecified atom stereocenters. The van der Waals surface area contributed by atoms with Crippen LogP contribution in [0.3, 0.4) is 0 Å². The first kappa shape index (κ1) is 19.2. The predicted octanol–water partition coefficient (Wildman–Crippen LogP) is 3.74. The van der Waals surface area contributed by atoms with Crippen LogP contribution in [0, 0.1) is 10.1 Å². The summed E-state index contributed by atoms with van der Waals surface area (Å²) in [6.07, 6.45) is 0.997. The van der Waals surface area contributed by atoms with Gasteiger partial charge in [0.15, 0.2) is 5.96 Å². The van der Waals surface area contributed by atoms with Crippen molar-refractivity contribution in [2.75, 3.05) is 18.0 Å². The molecule has 25 heavy (non-hydrogen) atoms. The molecule has 3 rings (SSSR count). The van der Waals surface area contributed by atoms with Gasteiger partial charge in [0, 0.05) is 30.9 Å². The number of para-hydroxylation sites is 1. The van der Waals surface area contributed by atoms with E-state index in [0.717, 1.165) is 31.0 Å². The zero-order valence-corrected chi connectivity index (χ0v) is 16.3. The van der Waals surface area contributed by atoms with E-state index in [4.69, 9.17) is 0 Å². The first-order valence-corrected chi connectivity index (χ1v) is 8.06. The molecule has 0 aromatic heterocycles. The second-order valence-corrected chi connectivity index (χ2v) is 5.63. The van der Waals surface area contributed by atoms with Crippen LogP contribution in [0.25, 0.3) is 0 Å². The number of nitro groups is 1. The molecule has 2 aromatic carbocycles. The first-order chi connectivity index (χ1) is 11.7. The molecule has 0 radical (unpaired) electrons. The maximum atomic E-state index is 10.9. The molecule has 7 heteroatoms. The van der Waals surface area contributed by atoms with Crippen molar-refractivity contribution in [3.05, 3.63) is 69.8 Å². The summed E-state index contributed by atoms with van der Waals surface area (Å²) in [4.78, 5) is 17.4. The van der Waals surface area contributed by atoms with Crippen molar-refractivity contribution in [2.24, 2.45) is 4.99 Å². The lowest BCUT2D eigenvalue weighted by atomic mass is 10.2. The van der Waals surface area contributed by atoms with Crippen LogP contribution in [0.15, 0.2) is 53.5 Å². The molecule has 0 atom stereocenters. The standard InChI is InChI=1S/C18H20N4O2.HI/c1-2-19-18(21-11-10-15-7-3-4-9-17(15)21)20-13-14-6-5-8-16(12-14)22(23)24;/h3-9,12H,2,10-11,13H2,1H3,(H,19,20);1H. The fraction of sp³-hybridized carbons (Fsp3) is 0.278. The summed E-state index contributed by atoms with van der Waals surface area (Å²) in [6.45, 7) is 4.10. The molecule has 1 aliphatic rings. The van der Waals surface area contributed by atoms with Crippen LogP contribution < -0.4 is 10.2 Å². The van der Waals surface area contributed by atoms with Crippen LogP contribution in [0.1, 0.15) is 18.1 Å². The molecule has 0 spiro atoms. The minimum atomic E-state index is -0.380. The second kappa shape index (κ2) is 8.80. The Bertz CT molecular complexity index is 779. The van der Waals surface area contributed by atoms with Gasteiger partial charge in [-0.2, -0.15) is 0 Å². The molecule has 0 amide bonds. The number of non-ortho nitro benzene ring substituents is 1. The second-order valence-electron chi connectivity index (χ2n) is 5.63. The minimum absolute atomic E-state index is 0. The minimum Gasteiger partial charge on any atom is -0.356 e. The Morgan fingerprint density at radius 1 is 1.28 bits per heavy atom. The molecule has 1 N–H and O–H groups in total. The molecule has 132 valence electrons. The maximum Gasteiger partial charge on any atom is 0.269 e. The fourth-order valence-electron chi connectivity index (χ4n) is 2.89. The van der Waals surface area contributed by atoms with E-state index in [2.05, 4.69) is 33.4 Å². The summed E-state index contributed by atoms with van der Waals surface area (Å²) in [6, 6.07) is 14.9. The van der Waals surface area contributed by atoms with E-state index in [1.54, 1.807) is 12.1 Å². The van der Waals surface area contributed by atoms with Gasteiger partial charge in [-0.05, 0) is 30.5 Å². The summed E-state index contributed by atoms with van der Waals surface area (Å²) in [5.74, 6) is 0.814. The Kier molecular flexibility index (Phi) is 6.74. The number of fused-ring (bicyclic) bond motifs is 1. The van der Waals surface area contributed by atoms with Crippen LogP contribution in [0.5, 0.6) is 0 Å². The Hall–Kier alpha value is -2.16. The van der Waals surface area contributed by atoms with Crippen molar-refractivity contribution in [1.82, 2.24) is 5.32 Å². The highest BCUT2D eigenvalue weighted by molar-refractivity contribution is 14.0. The highest BCUT2D eigenvalue weighted by atomic mass is 127. The zero-order valence-electron chi connectivity index (χ0n) is 14.0. The molecule has 0 aliphatic carbocycles. The molecule has 0 fully saturated rings. The number of halogens is 1. The average Bonchev–Trinajstić information content (AvgIpc) is 3.03. The van der Waals surface area contributed by atoms with Gasteiger partial charge >= 0.3 is 0 Å². The Morgan fingerprint density at radius 2 is 2.08 bits per heavy atom. The highest BCUT2D eigenvalue weighted by Crippen LogP contribution is 2.27. The third kappa shape index (κ3) is 4.47. The number of guanidine groups is 1. The number of nitrogens with one attached hydrogen (secondary N) is 1. The predicted molar refractivity (Wildman–Crippen MR) is 111 cm³/mol. The number of aliphatic imine (C=N–C) groups is 1. The van der Waals surface area contributed by atoms with Crippen LogP contribution in [-0.2, 0) is 13.0 Å². The van der Waals surface area contributed by atoms with Gasteiger partial charge in [-0.3, -0.25) is 10.1 Å². The van der Waals surface area contributed by atoms with Crippen molar-refractivity contribution in [3.63, 3.8) is 0 Å². The summed E-state index contributed by atoms with van der Waals surface area (Å²) < 4.78 is 0. The van der Waals surface area contributed by atoms with E-state index in [0.29, 0.717) is 6.54 Å². The van der Waals surface area contributed by atoms with Crippen molar-refractivity contribution in [1.29, 1.82) is 0 Å². The van der Waals surface area contributed by atoms with Crippen LogP contribution in [0.2, 0.25) is 0 Å². The van der Waals surface area contributed by atoms with Crippen molar-refractivity contribution in [3.8, 4) is 0 Å². The highest BCUT2D eigenvalue weighted by Gasteiger charge is 2.22. The summed E-state index contributed by atoms with van der Waals surface area (Å²) >= 11 is 0. The molecule has 1 heterocycles. The molecule has 0 saturated heterocycles. The first-order valence-electron chi connectivity index (χ1n) is 8.06. The number of rotatable bonds is 4. The maximum absolute atomic E-state index is 10.9. The largest absolute Gasteiger partial charge is 0.356 e. The number of hydrogen-bond acceptors (Lipinski definition) is 3. The Balaban J connectivity index is 0.00000225. The number of anilines is 1. The van der Waals surface area contributed by atoms with E-state index in [1.807, 2.05) is 19.1 Å². The number of nitrogens with zero attached hydrogens (tertiary/aromatic N) is 3. The molecular weight excluding hydrogens is 431 g/mol. The average molecular weight is 452 g/mol. The van der Waals surface area contributed by atoms with Gasteiger partial charge in [0.2, 0.25) is 0 Å². The normalized spacial score (nSPS) is 13.2. The third-order valence-electron chi connectivity index (χ3n) is 4.01. The van der Waals surface area contributed by atoms with Gasteiger partial charge in [-0.15, -0.1) is 24.0 Å². The van der Waals surface area contributed by atoms with E-state index in [1.165, 1.54) is 17.3 Å². The lowest BCUT2D eigenvalue weighted by Crippen LogP contribution is -2.40. The van der Waals surface area contributed by atoms with Crippen LogP contribution in [-0.4, -0.2) is 24.0 Å². The summed E-state index contributed by atoms with van der Waals surface area (Å²) in [7, 11) is 0. The van der Waals surface area contributed by atoms with Gasteiger partial charge < -0.3 is 10.2 Å². The third-order valence-corrected chi connectivity index (χ3v) is 4.01. The van der Waals surface area contributed by atoms with Gasteiger partial charge in [-0.1, -0.05) is 30.3 Å². The van der Waals surface area contributed by atoms with Gasteiger partial charge in [0.1, 0.15) is 0 Å². The Morgan fingerprint density at radius 3 is 2.84 bits per heavy atom. The Labute approximate surface area is 164 Å². The topological polar surface area (TPSA) is 70.8 Å². The molecule has 6 nitrogen and oxygen atoms in total. The SMILES string of the molecule is CCNC(=NCc1cccc([N+](=O)[O-])c1)N1CCc2ccccc21.I. The fourth-order valence-corrected chi connectivity index (χ4v) is 2.89. The zero-order chi connectivity index (χ0) is 16.9. The lowest BCUT2D eigenvalue weighted by Gasteiger charge is -2.22. The molecule has 1 aliphatic heterocycles. The molecule has 0 saturated carbocycles. The van der Waals surface area contributed by atoms with E-state index >= 15 is 0 Å². The monoisotopic (exact) mass is 452 g/mol. The van der Waals surface area contributed by atoms with Crippen molar-refractivity contribution < 1.29 is 4.92 Å². The smallest absolute Gasteiger partial charge is 0.269 e. The quantitative estimate of drug-likeness (QED) is 0.252. The molecular formula is C18H21IN4O2. The van der Waals surface area contributed by atoms with E-state index < -0.39 is 0 Å². The van der Waals surface area contributed by atoms with Crippen molar-refractivity contribution >= 4 is 41.3 Å².